The highest BCUT2D eigenvalue weighted by atomic mass is 16.1. The Morgan fingerprint density at radius 1 is 1.50 bits per heavy atom. The zero-order chi connectivity index (χ0) is 15.5. The van der Waals surface area contributed by atoms with Gasteiger partial charge in [-0.15, -0.1) is 0 Å². The van der Waals surface area contributed by atoms with E-state index in [2.05, 4.69) is 27.2 Å². The van der Waals surface area contributed by atoms with Crippen LogP contribution >= 0.6 is 0 Å². The monoisotopic (exact) mass is 301 g/mol. The Labute approximate surface area is 130 Å². The highest BCUT2D eigenvalue weighted by Crippen LogP contribution is 2.23. The fourth-order valence-electron chi connectivity index (χ4n) is 3.07. The molecule has 0 aromatic carbocycles. The van der Waals surface area contributed by atoms with Crippen LogP contribution in [0.2, 0.25) is 0 Å². The fraction of sp³-hybridized carbons (Fsp3) is 0.500. The highest BCUT2D eigenvalue weighted by Gasteiger charge is 2.22. The molecule has 1 aliphatic heterocycles. The Kier molecular flexibility index (Phi) is 4.29. The number of hydrogen-bond donors (Lipinski definition) is 2. The van der Waals surface area contributed by atoms with Crippen LogP contribution in [0.4, 0.5) is 0 Å². The summed E-state index contributed by atoms with van der Waals surface area (Å²) in [6, 6.07) is 0.234. The van der Waals surface area contributed by atoms with Crippen molar-refractivity contribution < 1.29 is 4.79 Å². The van der Waals surface area contributed by atoms with E-state index in [0.717, 1.165) is 43.6 Å². The number of nitrogens with one attached hydrogen (secondary N) is 2. The third kappa shape index (κ3) is 3.06. The lowest BCUT2D eigenvalue weighted by molar-refractivity contribution is 0.0906. The van der Waals surface area contributed by atoms with Gasteiger partial charge in [-0.2, -0.15) is 5.10 Å². The fourth-order valence-corrected chi connectivity index (χ4v) is 3.07. The van der Waals surface area contributed by atoms with Gasteiger partial charge in [0.15, 0.2) is 0 Å². The zero-order valence-corrected chi connectivity index (χ0v) is 13.2. The van der Waals surface area contributed by atoms with Crippen LogP contribution in [0.3, 0.4) is 0 Å². The van der Waals surface area contributed by atoms with Crippen molar-refractivity contribution in [2.45, 2.75) is 25.8 Å². The molecule has 0 saturated carbocycles. The molecule has 0 aliphatic carbocycles. The van der Waals surface area contributed by atoms with Gasteiger partial charge in [0.1, 0.15) is 0 Å². The second-order valence-corrected chi connectivity index (χ2v) is 5.89. The van der Waals surface area contributed by atoms with Crippen LogP contribution in [0.25, 0.3) is 11.1 Å². The summed E-state index contributed by atoms with van der Waals surface area (Å²) in [5.74, 6) is -0.0111. The Morgan fingerprint density at radius 3 is 3.09 bits per heavy atom. The molecule has 1 fully saturated rings. The summed E-state index contributed by atoms with van der Waals surface area (Å²) in [4.78, 5) is 18.0. The standard InChI is InChI=1S/C16H23N5O/c1-3-21-6-4-5-13(11-21)19-16(22)15-9-17-8-14(15)12-7-18-20(2)10-12/h7-10,13,17H,3-6,11H2,1-2H3,(H,19,22). The molecule has 2 aromatic rings. The molecule has 22 heavy (non-hydrogen) atoms. The molecule has 1 amide bonds. The van der Waals surface area contributed by atoms with E-state index < -0.39 is 0 Å². The van der Waals surface area contributed by atoms with E-state index in [4.69, 9.17) is 0 Å². The number of likely N-dealkylation sites (tertiary alicyclic amines) is 1. The lowest BCUT2D eigenvalue weighted by Crippen LogP contribution is -2.47. The molecule has 0 radical (unpaired) electrons. The Morgan fingerprint density at radius 2 is 2.36 bits per heavy atom. The minimum Gasteiger partial charge on any atom is -0.366 e. The number of likely N-dealkylation sites (N-methyl/N-ethyl adjacent to an activating group) is 1. The van der Waals surface area contributed by atoms with Crippen LogP contribution in [-0.4, -0.2) is 51.2 Å². The van der Waals surface area contributed by atoms with E-state index in [1.165, 1.54) is 0 Å². The number of hydrogen-bond acceptors (Lipinski definition) is 3. The lowest BCUT2D eigenvalue weighted by atomic mass is 10.0. The maximum absolute atomic E-state index is 12.6. The lowest BCUT2D eigenvalue weighted by Gasteiger charge is -2.32. The van der Waals surface area contributed by atoms with Crippen LogP contribution in [0.5, 0.6) is 0 Å². The zero-order valence-electron chi connectivity index (χ0n) is 13.2. The Hall–Kier alpha value is -2.08. The number of amides is 1. The minimum atomic E-state index is -0.0111. The van der Waals surface area contributed by atoms with Gasteiger partial charge in [-0.25, -0.2) is 0 Å². The van der Waals surface area contributed by atoms with E-state index in [9.17, 15) is 4.79 Å². The van der Waals surface area contributed by atoms with Crippen molar-refractivity contribution >= 4 is 5.91 Å². The van der Waals surface area contributed by atoms with Gasteiger partial charge in [0.05, 0.1) is 11.8 Å². The van der Waals surface area contributed by atoms with Crippen molar-refractivity contribution in [1.82, 2.24) is 25.0 Å². The van der Waals surface area contributed by atoms with Crippen molar-refractivity contribution in [2.24, 2.45) is 7.05 Å². The van der Waals surface area contributed by atoms with Gasteiger partial charge >= 0.3 is 0 Å². The maximum Gasteiger partial charge on any atom is 0.253 e. The number of carbonyl (C=O) groups excluding carboxylic acids is 1. The molecule has 6 heteroatoms. The summed E-state index contributed by atoms with van der Waals surface area (Å²) in [5, 5.41) is 7.35. The molecule has 118 valence electrons. The van der Waals surface area contributed by atoms with Crippen molar-refractivity contribution in [2.75, 3.05) is 19.6 Å². The average Bonchev–Trinajstić information content (AvgIpc) is 3.15. The number of piperidine rings is 1. The second kappa shape index (κ2) is 6.36. The van der Waals surface area contributed by atoms with E-state index in [1.54, 1.807) is 17.1 Å². The SMILES string of the molecule is CCN1CCCC(NC(=O)c2c[nH]cc2-c2cnn(C)c2)C1. The van der Waals surface area contributed by atoms with Crippen LogP contribution in [0.15, 0.2) is 24.8 Å². The summed E-state index contributed by atoms with van der Waals surface area (Å²) in [6.45, 7) is 5.27. The second-order valence-electron chi connectivity index (χ2n) is 5.89. The number of aromatic amines is 1. The van der Waals surface area contributed by atoms with Gasteiger partial charge in [0, 0.05) is 49.4 Å². The first-order chi connectivity index (χ1) is 10.7. The van der Waals surface area contributed by atoms with Crippen LogP contribution in [0, 0.1) is 0 Å². The van der Waals surface area contributed by atoms with E-state index in [-0.39, 0.29) is 11.9 Å². The van der Waals surface area contributed by atoms with Crippen LogP contribution in [-0.2, 0) is 7.05 Å². The first-order valence-electron chi connectivity index (χ1n) is 7.86. The number of aromatic nitrogens is 3. The number of nitrogens with zero attached hydrogens (tertiary/aromatic N) is 3. The molecular formula is C16H23N5O. The molecule has 3 heterocycles. The summed E-state index contributed by atoms with van der Waals surface area (Å²) >= 11 is 0. The quantitative estimate of drug-likeness (QED) is 0.902. The van der Waals surface area contributed by atoms with E-state index in [0.29, 0.717) is 5.56 Å². The van der Waals surface area contributed by atoms with E-state index in [1.807, 2.05) is 19.4 Å². The topological polar surface area (TPSA) is 66.0 Å². The number of carbonyl (C=O) groups is 1. The summed E-state index contributed by atoms with van der Waals surface area (Å²) in [7, 11) is 1.87. The predicted molar refractivity (Wildman–Crippen MR) is 85.6 cm³/mol. The number of rotatable bonds is 4. The van der Waals surface area contributed by atoms with Crippen molar-refractivity contribution in [3.05, 3.63) is 30.4 Å². The molecule has 1 saturated heterocycles. The first kappa shape index (κ1) is 14.8. The summed E-state index contributed by atoms with van der Waals surface area (Å²) in [5.41, 5.74) is 2.53. The van der Waals surface area contributed by atoms with Gasteiger partial charge in [-0.1, -0.05) is 6.92 Å². The van der Waals surface area contributed by atoms with Crippen molar-refractivity contribution in [1.29, 1.82) is 0 Å². The Balaban J connectivity index is 1.72. The molecular weight excluding hydrogens is 278 g/mol. The van der Waals surface area contributed by atoms with Gasteiger partial charge in [-0.3, -0.25) is 9.48 Å². The van der Waals surface area contributed by atoms with Gasteiger partial charge in [-0.05, 0) is 25.9 Å². The van der Waals surface area contributed by atoms with Gasteiger partial charge < -0.3 is 15.2 Å². The minimum absolute atomic E-state index is 0.0111. The smallest absolute Gasteiger partial charge is 0.253 e. The third-order valence-corrected chi connectivity index (χ3v) is 4.29. The average molecular weight is 301 g/mol. The largest absolute Gasteiger partial charge is 0.366 e. The molecule has 1 unspecified atom stereocenters. The van der Waals surface area contributed by atoms with E-state index >= 15 is 0 Å². The Bertz CT molecular complexity index is 645. The number of aryl methyl sites for hydroxylation is 1. The highest BCUT2D eigenvalue weighted by molar-refractivity contribution is 6.00. The molecule has 2 N–H and O–H groups in total. The van der Waals surface area contributed by atoms with Crippen LogP contribution in [0.1, 0.15) is 30.1 Å². The molecule has 2 aromatic heterocycles. The first-order valence-corrected chi connectivity index (χ1v) is 7.86. The molecule has 3 rings (SSSR count). The molecule has 0 spiro atoms. The molecule has 1 atom stereocenters. The molecule has 6 nitrogen and oxygen atoms in total. The normalized spacial score (nSPS) is 19.3. The summed E-state index contributed by atoms with van der Waals surface area (Å²) < 4.78 is 1.74. The van der Waals surface area contributed by atoms with Crippen molar-refractivity contribution in [3.63, 3.8) is 0 Å². The molecule has 0 bridgehead atoms. The predicted octanol–water partition coefficient (Wildman–Crippen LogP) is 1.63. The summed E-state index contributed by atoms with van der Waals surface area (Å²) in [6.07, 6.45) is 9.50. The maximum atomic E-state index is 12.6. The number of H-pyrrole nitrogens is 1. The van der Waals surface area contributed by atoms with Crippen molar-refractivity contribution in [3.8, 4) is 11.1 Å². The van der Waals surface area contributed by atoms with Crippen LogP contribution < -0.4 is 5.32 Å². The third-order valence-electron chi connectivity index (χ3n) is 4.29. The van der Waals surface area contributed by atoms with Gasteiger partial charge in [0.2, 0.25) is 0 Å². The van der Waals surface area contributed by atoms with Gasteiger partial charge in [0.25, 0.3) is 5.91 Å². The molecule has 1 aliphatic rings.